The molecule has 1 saturated heterocycles. The number of halogens is 2. The standard InChI is InChI=1S/C17H20ClFN2O6S/c18-10-4-6-28-14(10)9-27-17(26)21-5-2-1-3-12(21)16(25)20-11(7-15(23)24)13(22)8-19/h4,6,11-12H,1-3,5,7-9H2,(H,20,25)(H,23,24). The van der Waals surface area contributed by atoms with Crippen LogP contribution < -0.4 is 5.32 Å². The molecule has 1 fully saturated rings. The van der Waals surface area contributed by atoms with E-state index in [9.17, 15) is 23.6 Å². The lowest BCUT2D eigenvalue weighted by molar-refractivity contribution is -0.140. The van der Waals surface area contributed by atoms with Crippen LogP contribution in [0.15, 0.2) is 11.4 Å². The summed E-state index contributed by atoms with van der Waals surface area (Å²) in [5.41, 5.74) is 0. The number of aliphatic carboxylic acids is 1. The van der Waals surface area contributed by atoms with Crippen molar-refractivity contribution in [2.75, 3.05) is 13.2 Å². The van der Waals surface area contributed by atoms with Crippen molar-refractivity contribution < 1.29 is 33.4 Å². The van der Waals surface area contributed by atoms with Gasteiger partial charge in [-0.25, -0.2) is 9.18 Å². The predicted molar refractivity (Wildman–Crippen MR) is 99.0 cm³/mol. The summed E-state index contributed by atoms with van der Waals surface area (Å²) >= 11 is 7.29. The van der Waals surface area contributed by atoms with Gasteiger partial charge in [-0.15, -0.1) is 11.3 Å². The molecule has 1 aromatic heterocycles. The maximum absolute atomic E-state index is 12.7. The minimum absolute atomic E-state index is 0.0395. The third kappa shape index (κ3) is 5.90. The highest BCUT2D eigenvalue weighted by Gasteiger charge is 2.35. The van der Waals surface area contributed by atoms with E-state index in [4.69, 9.17) is 21.4 Å². The fourth-order valence-electron chi connectivity index (χ4n) is 2.84. The highest BCUT2D eigenvalue weighted by atomic mass is 35.5. The number of carbonyl (C=O) groups is 4. The van der Waals surface area contributed by atoms with Crippen molar-refractivity contribution in [2.45, 2.75) is 44.4 Å². The molecule has 0 radical (unpaired) electrons. The number of rotatable bonds is 8. The number of hydrogen-bond acceptors (Lipinski definition) is 6. The average molecular weight is 435 g/mol. The molecule has 2 unspecified atom stereocenters. The minimum Gasteiger partial charge on any atom is -0.481 e. The summed E-state index contributed by atoms with van der Waals surface area (Å²) in [6.45, 7) is -1.16. The van der Waals surface area contributed by atoms with Gasteiger partial charge in [-0.1, -0.05) is 11.6 Å². The van der Waals surface area contributed by atoms with Crippen LogP contribution in [0.25, 0.3) is 0 Å². The SMILES string of the molecule is O=C(O)CC(NC(=O)C1CCCCN1C(=O)OCc1sccc1Cl)C(=O)CF. The predicted octanol–water partition coefficient (Wildman–Crippen LogP) is 2.39. The third-order valence-electron chi connectivity index (χ3n) is 4.27. The minimum atomic E-state index is -1.49. The molecule has 2 rings (SSSR count). The molecule has 28 heavy (non-hydrogen) atoms. The fraction of sp³-hybridized carbons (Fsp3) is 0.529. The molecule has 1 aliphatic heterocycles. The van der Waals surface area contributed by atoms with Crippen molar-refractivity contribution in [1.82, 2.24) is 10.2 Å². The van der Waals surface area contributed by atoms with E-state index in [0.29, 0.717) is 29.2 Å². The second-order valence-electron chi connectivity index (χ2n) is 6.21. The summed E-state index contributed by atoms with van der Waals surface area (Å²) in [6.07, 6.45) is 0.211. The summed E-state index contributed by atoms with van der Waals surface area (Å²) in [5, 5.41) is 13.3. The topological polar surface area (TPSA) is 113 Å². The third-order valence-corrected chi connectivity index (χ3v) is 5.63. The number of nitrogens with zero attached hydrogens (tertiary/aromatic N) is 1. The van der Waals surface area contributed by atoms with Gasteiger partial charge in [-0.05, 0) is 30.7 Å². The highest BCUT2D eigenvalue weighted by molar-refractivity contribution is 7.10. The largest absolute Gasteiger partial charge is 0.481 e. The Bertz CT molecular complexity index is 743. The van der Waals surface area contributed by atoms with Gasteiger partial charge in [0.2, 0.25) is 5.91 Å². The highest BCUT2D eigenvalue weighted by Crippen LogP contribution is 2.24. The van der Waals surface area contributed by atoms with Crippen molar-refractivity contribution in [3.8, 4) is 0 Å². The van der Waals surface area contributed by atoms with E-state index < -0.39 is 48.9 Å². The van der Waals surface area contributed by atoms with Crippen molar-refractivity contribution in [3.05, 3.63) is 21.3 Å². The molecule has 8 nitrogen and oxygen atoms in total. The van der Waals surface area contributed by atoms with Crippen molar-refractivity contribution >= 4 is 46.7 Å². The molecular formula is C17H20ClFN2O6S. The van der Waals surface area contributed by atoms with Crippen LogP contribution in [-0.4, -0.2) is 59.1 Å². The number of nitrogens with one attached hydrogen (secondary N) is 1. The number of hydrogen-bond donors (Lipinski definition) is 2. The Balaban J connectivity index is 2.02. The van der Waals surface area contributed by atoms with Gasteiger partial charge in [-0.3, -0.25) is 19.3 Å². The van der Waals surface area contributed by atoms with Gasteiger partial charge in [-0.2, -0.15) is 0 Å². The smallest absolute Gasteiger partial charge is 0.410 e. The van der Waals surface area contributed by atoms with E-state index in [0.717, 1.165) is 0 Å². The molecule has 2 amide bonds. The van der Waals surface area contributed by atoms with Crippen LogP contribution in [0.2, 0.25) is 5.02 Å². The molecule has 1 aliphatic rings. The van der Waals surface area contributed by atoms with Gasteiger partial charge in [0.25, 0.3) is 0 Å². The molecular weight excluding hydrogens is 415 g/mol. The normalized spacial score (nSPS) is 17.6. The van der Waals surface area contributed by atoms with Crippen molar-refractivity contribution in [2.24, 2.45) is 0 Å². The number of carboxylic acids is 1. The van der Waals surface area contributed by atoms with E-state index in [-0.39, 0.29) is 13.2 Å². The first-order chi connectivity index (χ1) is 13.3. The van der Waals surface area contributed by atoms with Crippen LogP contribution in [-0.2, 0) is 25.7 Å². The number of Topliss-reactive ketones (excluding diaryl/α,β-unsaturated/α-hetero) is 1. The number of piperidine rings is 1. The Kier molecular flexibility index (Phi) is 8.18. The van der Waals surface area contributed by atoms with Gasteiger partial charge in [0.05, 0.1) is 16.3 Å². The summed E-state index contributed by atoms with van der Waals surface area (Å²) in [7, 11) is 0. The lowest BCUT2D eigenvalue weighted by Gasteiger charge is -2.34. The average Bonchev–Trinajstić information content (AvgIpc) is 3.09. The first-order valence-electron chi connectivity index (χ1n) is 8.59. The quantitative estimate of drug-likeness (QED) is 0.649. The lowest BCUT2D eigenvalue weighted by Crippen LogP contribution is -2.55. The molecule has 11 heteroatoms. The van der Waals surface area contributed by atoms with Crippen LogP contribution in [0.1, 0.15) is 30.6 Å². The van der Waals surface area contributed by atoms with Gasteiger partial charge in [0.15, 0.2) is 5.78 Å². The number of thiophene rings is 1. The van der Waals surface area contributed by atoms with Crippen LogP contribution >= 0.6 is 22.9 Å². The molecule has 0 aromatic carbocycles. The molecule has 2 heterocycles. The summed E-state index contributed by atoms with van der Waals surface area (Å²) < 4.78 is 17.9. The number of likely N-dealkylation sites (tertiary alicyclic amines) is 1. The zero-order chi connectivity index (χ0) is 20.7. The second-order valence-corrected chi connectivity index (χ2v) is 7.62. The van der Waals surface area contributed by atoms with E-state index in [1.54, 1.807) is 11.4 Å². The number of ether oxygens (including phenoxy) is 1. The van der Waals surface area contributed by atoms with Gasteiger partial charge in [0, 0.05) is 6.54 Å². The fourth-order valence-corrected chi connectivity index (χ4v) is 3.84. The molecule has 0 spiro atoms. The lowest BCUT2D eigenvalue weighted by atomic mass is 10.0. The summed E-state index contributed by atoms with van der Waals surface area (Å²) in [5.74, 6) is -3.09. The molecule has 2 atom stereocenters. The van der Waals surface area contributed by atoms with Crippen LogP contribution in [0.4, 0.5) is 9.18 Å². The Morgan fingerprint density at radius 3 is 2.75 bits per heavy atom. The van der Waals surface area contributed by atoms with E-state index in [2.05, 4.69) is 5.32 Å². The van der Waals surface area contributed by atoms with Crippen LogP contribution in [0, 0.1) is 0 Å². The van der Waals surface area contributed by atoms with E-state index >= 15 is 0 Å². The zero-order valence-electron chi connectivity index (χ0n) is 14.9. The number of ketones is 1. The van der Waals surface area contributed by atoms with E-state index in [1.807, 2.05) is 0 Å². The maximum atomic E-state index is 12.7. The van der Waals surface area contributed by atoms with Crippen molar-refractivity contribution in [3.63, 3.8) is 0 Å². The van der Waals surface area contributed by atoms with Crippen LogP contribution in [0.5, 0.6) is 0 Å². The molecule has 2 N–H and O–H groups in total. The monoisotopic (exact) mass is 434 g/mol. The summed E-state index contributed by atoms with van der Waals surface area (Å²) in [6, 6.07) is -0.736. The Morgan fingerprint density at radius 2 is 2.14 bits per heavy atom. The molecule has 1 aromatic rings. The van der Waals surface area contributed by atoms with Gasteiger partial charge in [0.1, 0.15) is 25.4 Å². The van der Waals surface area contributed by atoms with E-state index in [1.165, 1.54) is 16.2 Å². The molecule has 0 saturated carbocycles. The molecule has 0 aliphatic carbocycles. The number of carbonyl (C=O) groups excluding carboxylic acids is 3. The summed E-state index contributed by atoms with van der Waals surface area (Å²) in [4.78, 5) is 49.3. The molecule has 0 bridgehead atoms. The number of carboxylic acid groups (broad SMARTS) is 1. The number of alkyl halides is 1. The van der Waals surface area contributed by atoms with Crippen molar-refractivity contribution in [1.29, 1.82) is 0 Å². The second kappa shape index (κ2) is 10.4. The first-order valence-corrected chi connectivity index (χ1v) is 9.85. The first kappa shape index (κ1) is 22.1. The van der Waals surface area contributed by atoms with Gasteiger partial charge >= 0.3 is 12.1 Å². The number of amides is 2. The Morgan fingerprint density at radius 1 is 1.39 bits per heavy atom. The molecule has 154 valence electrons. The van der Waals surface area contributed by atoms with Crippen LogP contribution in [0.3, 0.4) is 0 Å². The zero-order valence-corrected chi connectivity index (χ0v) is 16.4. The Hall–Kier alpha value is -2.20. The van der Waals surface area contributed by atoms with Gasteiger partial charge < -0.3 is 15.2 Å². The Labute approximate surface area is 169 Å². The maximum Gasteiger partial charge on any atom is 0.410 e.